The topological polar surface area (TPSA) is 47.6 Å². The van der Waals surface area contributed by atoms with Gasteiger partial charge in [-0.1, -0.05) is 45.2 Å². The van der Waals surface area contributed by atoms with Gasteiger partial charge in [-0.2, -0.15) is 0 Å². The fourth-order valence-electron chi connectivity index (χ4n) is 3.07. The monoisotopic (exact) mass is 437 g/mol. The predicted octanol–water partition coefficient (Wildman–Crippen LogP) is 5.21. The van der Waals surface area contributed by atoms with Crippen molar-refractivity contribution < 1.29 is 14.3 Å². The molecule has 1 amide bonds. The lowest BCUT2D eigenvalue weighted by atomic mass is 9.89. The molecule has 0 radical (unpaired) electrons. The van der Waals surface area contributed by atoms with Crippen LogP contribution in [0, 0.1) is 6.92 Å². The van der Waals surface area contributed by atoms with Gasteiger partial charge in [-0.25, -0.2) is 0 Å². The maximum absolute atomic E-state index is 12.4. The van der Waals surface area contributed by atoms with Crippen molar-refractivity contribution >= 4 is 33.4 Å². The predicted molar refractivity (Wildman–Crippen MR) is 106 cm³/mol. The summed E-state index contributed by atoms with van der Waals surface area (Å²) in [5.74, 6) is 1.10. The minimum Gasteiger partial charge on any atom is -0.487 e. The van der Waals surface area contributed by atoms with Crippen LogP contribution in [-0.2, 0) is 4.79 Å². The molecular weight excluding hydrogens is 418 g/mol. The first-order valence-corrected chi connectivity index (χ1v) is 9.57. The van der Waals surface area contributed by atoms with Gasteiger partial charge in [0.05, 0.1) is 11.1 Å². The highest BCUT2D eigenvalue weighted by Crippen LogP contribution is 2.39. The molecule has 0 spiro atoms. The summed E-state index contributed by atoms with van der Waals surface area (Å²) in [5.41, 5.74) is 1.78. The standard InChI is InChI=1S/C20H21BrClNO3/c1-12-4-6-17-14(8-12)16(10-20(2,3)26-17)23-19(24)11-25-18-7-5-13(21)9-15(18)22/h4-9,16H,10-11H2,1-3H3,(H,23,24). The molecule has 6 heteroatoms. The van der Waals surface area contributed by atoms with Crippen molar-refractivity contribution in [2.75, 3.05) is 6.61 Å². The summed E-state index contributed by atoms with van der Waals surface area (Å²) in [7, 11) is 0. The maximum Gasteiger partial charge on any atom is 0.258 e. The number of nitrogens with one attached hydrogen (secondary N) is 1. The number of halogens is 2. The van der Waals surface area contributed by atoms with Crippen LogP contribution in [0.3, 0.4) is 0 Å². The molecule has 138 valence electrons. The molecule has 2 aromatic carbocycles. The smallest absolute Gasteiger partial charge is 0.258 e. The van der Waals surface area contributed by atoms with Crippen molar-refractivity contribution in [3.05, 3.63) is 57.0 Å². The molecule has 2 aromatic rings. The Bertz CT molecular complexity index is 838. The van der Waals surface area contributed by atoms with Gasteiger partial charge in [0.2, 0.25) is 0 Å². The van der Waals surface area contributed by atoms with Crippen LogP contribution in [0.1, 0.15) is 37.4 Å². The van der Waals surface area contributed by atoms with E-state index in [0.717, 1.165) is 21.3 Å². The second-order valence-corrected chi connectivity index (χ2v) is 8.41. The fraction of sp³-hybridized carbons (Fsp3) is 0.350. The van der Waals surface area contributed by atoms with Crippen LogP contribution in [0.2, 0.25) is 5.02 Å². The second-order valence-electron chi connectivity index (χ2n) is 7.09. The van der Waals surface area contributed by atoms with E-state index < -0.39 is 0 Å². The fourth-order valence-corrected chi connectivity index (χ4v) is 3.80. The van der Waals surface area contributed by atoms with Gasteiger partial charge in [0.1, 0.15) is 17.1 Å². The van der Waals surface area contributed by atoms with Gasteiger partial charge in [0, 0.05) is 16.5 Å². The van der Waals surface area contributed by atoms with E-state index in [4.69, 9.17) is 21.1 Å². The Morgan fingerprint density at radius 3 is 2.85 bits per heavy atom. The lowest BCUT2D eigenvalue weighted by molar-refractivity contribution is -0.124. The number of hydrogen-bond donors (Lipinski definition) is 1. The molecule has 0 aliphatic carbocycles. The number of hydrogen-bond acceptors (Lipinski definition) is 3. The third-order valence-electron chi connectivity index (χ3n) is 4.21. The number of fused-ring (bicyclic) bond motifs is 1. The summed E-state index contributed by atoms with van der Waals surface area (Å²) in [6.45, 7) is 5.97. The zero-order chi connectivity index (χ0) is 18.9. The van der Waals surface area contributed by atoms with Crippen molar-refractivity contribution in [2.45, 2.75) is 38.8 Å². The largest absolute Gasteiger partial charge is 0.487 e. The number of carbonyl (C=O) groups excluding carboxylic acids is 1. The average molecular weight is 439 g/mol. The molecule has 1 N–H and O–H groups in total. The lowest BCUT2D eigenvalue weighted by Crippen LogP contribution is -2.42. The normalized spacial score (nSPS) is 17.8. The van der Waals surface area contributed by atoms with Gasteiger partial charge in [-0.3, -0.25) is 4.79 Å². The average Bonchev–Trinajstić information content (AvgIpc) is 2.54. The van der Waals surface area contributed by atoms with E-state index in [-0.39, 0.29) is 24.2 Å². The molecule has 1 aliphatic rings. The van der Waals surface area contributed by atoms with Crippen LogP contribution in [0.5, 0.6) is 11.5 Å². The van der Waals surface area contributed by atoms with Crippen LogP contribution in [-0.4, -0.2) is 18.1 Å². The first-order valence-electron chi connectivity index (χ1n) is 8.40. The molecule has 0 aromatic heterocycles. The number of benzene rings is 2. The van der Waals surface area contributed by atoms with Gasteiger partial charge >= 0.3 is 0 Å². The Hall–Kier alpha value is -1.72. The van der Waals surface area contributed by atoms with E-state index >= 15 is 0 Å². The molecule has 0 saturated heterocycles. The van der Waals surface area contributed by atoms with Crippen LogP contribution in [0.25, 0.3) is 0 Å². The summed E-state index contributed by atoms with van der Waals surface area (Å²) < 4.78 is 12.5. The minimum atomic E-state index is -0.351. The summed E-state index contributed by atoms with van der Waals surface area (Å²) in [5, 5.41) is 3.52. The van der Waals surface area contributed by atoms with E-state index in [1.807, 2.05) is 39.0 Å². The summed E-state index contributed by atoms with van der Waals surface area (Å²) in [6.07, 6.45) is 0.689. The molecule has 1 atom stereocenters. The number of aryl methyl sites for hydroxylation is 1. The highest BCUT2D eigenvalue weighted by atomic mass is 79.9. The molecule has 0 saturated carbocycles. The first-order chi connectivity index (χ1) is 12.2. The second kappa shape index (κ2) is 7.49. The molecule has 3 rings (SSSR count). The van der Waals surface area contributed by atoms with Gasteiger partial charge < -0.3 is 14.8 Å². The lowest BCUT2D eigenvalue weighted by Gasteiger charge is -2.38. The molecule has 26 heavy (non-hydrogen) atoms. The number of amides is 1. The third kappa shape index (κ3) is 4.51. The van der Waals surface area contributed by atoms with Crippen LogP contribution in [0.15, 0.2) is 40.9 Å². The first kappa shape index (κ1) is 19.1. The Labute approximate surface area is 167 Å². The number of rotatable bonds is 4. The molecule has 4 nitrogen and oxygen atoms in total. The van der Waals surface area contributed by atoms with Gasteiger partial charge in [0.15, 0.2) is 6.61 Å². The zero-order valence-electron chi connectivity index (χ0n) is 14.9. The van der Waals surface area contributed by atoms with Crippen molar-refractivity contribution in [1.29, 1.82) is 0 Å². The molecular formula is C20H21BrClNO3. The minimum absolute atomic E-state index is 0.0969. The van der Waals surface area contributed by atoms with Gasteiger partial charge in [-0.05, 0) is 45.0 Å². The van der Waals surface area contributed by atoms with E-state index in [1.165, 1.54) is 0 Å². The van der Waals surface area contributed by atoms with Crippen LogP contribution in [0.4, 0.5) is 0 Å². The summed E-state index contributed by atoms with van der Waals surface area (Å²) in [6, 6.07) is 11.2. The molecule has 1 aliphatic heterocycles. The van der Waals surface area contributed by atoms with Crippen molar-refractivity contribution in [3.63, 3.8) is 0 Å². The van der Waals surface area contributed by atoms with Crippen LogP contribution >= 0.6 is 27.5 Å². The Morgan fingerprint density at radius 2 is 2.12 bits per heavy atom. The molecule has 0 bridgehead atoms. The van der Waals surface area contributed by atoms with Crippen molar-refractivity contribution in [3.8, 4) is 11.5 Å². The number of ether oxygens (including phenoxy) is 2. The van der Waals surface area contributed by atoms with Gasteiger partial charge in [0.25, 0.3) is 5.91 Å². The Kier molecular flexibility index (Phi) is 5.49. The third-order valence-corrected chi connectivity index (χ3v) is 5.00. The van der Waals surface area contributed by atoms with E-state index in [0.29, 0.717) is 17.2 Å². The SMILES string of the molecule is Cc1ccc2c(c1)C(NC(=O)COc1ccc(Br)cc1Cl)CC(C)(C)O2. The quantitative estimate of drug-likeness (QED) is 0.713. The Morgan fingerprint density at radius 1 is 1.35 bits per heavy atom. The van der Waals surface area contributed by atoms with E-state index in [9.17, 15) is 4.79 Å². The van der Waals surface area contributed by atoms with E-state index in [1.54, 1.807) is 12.1 Å². The Balaban J connectivity index is 1.70. The highest BCUT2D eigenvalue weighted by Gasteiger charge is 2.34. The van der Waals surface area contributed by atoms with E-state index in [2.05, 4.69) is 27.3 Å². The zero-order valence-corrected chi connectivity index (χ0v) is 17.3. The summed E-state index contributed by atoms with van der Waals surface area (Å²) in [4.78, 5) is 12.4. The summed E-state index contributed by atoms with van der Waals surface area (Å²) >= 11 is 9.47. The molecule has 1 heterocycles. The van der Waals surface area contributed by atoms with Crippen molar-refractivity contribution in [1.82, 2.24) is 5.32 Å². The molecule has 0 fully saturated rings. The molecule has 1 unspecified atom stereocenters. The highest BCUT2D eigenvalue weighted by molar-refractivity contribution is 9.10. The van der Waals surface area contributed by atoms with Gasteiger partial charge in [-0.15, -0.1) is 0 Å². The number of carbonyl (C=O) groups is 1. The maximum atomic E-state index is 12.4. The van der Waals surface area contributed by atoms with Crippen LogP contribution < -0.4 is 14.8 Å². The van der Waals surface area contributed by atoms with Crippen molar-refractivity contribution in [2.24, 2.45) is 0 Å².